The van der Waals surface area contributed by atoms with Crippen molar-refractivity contribution in [1.29, 1.82) is 0 Å². The van der Waals surface area contributed by atoms with E-state index in [-0.39, 0.29) is 24.8 Å². The number of pyridine rings is 1. The molecule has 3 nitrogen and oxygen atoms in total. The van der Waals surface area contributed by atoms with Crippen LogP contribution in [0.25, 0.3) is 0 Å². The Labute approximate surface area is 84.1 Å². The van der Waals surface area contributed by atoms with Crippen molar-refractivity contribution in [3.05, 3.63) is 30.1 Å². The van der Waals surface area contributed by atoms with Crippen LogP contribution in [0.15, 0.2) is 24.5 Å². The number of halogens is 2. The molecule has 0 saturated heterocycles. The Hall–Kier alpha value is -0.350. The smallest absolute Gasteiger partial charge is 0.0720 e. The highest BCUT2D eigenvalue weighted by Gasteiger charge is 1.88. The Morgan fingerprint density at radius 2 is 2.17 bits per heavy atom. The second kappa shape index (κ2) is 8.74. The van der Waals surface area contributed by atoms with E-state index in [0.717, 1.165) is 12.0 Å². The van der Waals surface area contributed by atoms with Crippen LogP contribution in [-0.4, -0.2) is 11.6 Å². The van der Waals surface area contributed by atoms with E-state index < -0.39 is 0 Å². The van der Waals surface area contributed by atoms with E-state index in [0.29, 0.717) is 6.61 Å². The van der Waals surface area contributed by atoms with Crippen LogP contribution >= 0.6 is 24.8 Å². The lowest BCUT2D eigenvalue weighted by Gasteiger charge is -1.96. The number of nitrogens with zero attached hydrogens (tertiary/aromatic N) is 1. The van der Waals surface area contributed by atoms with Crippen LogP contribution in [0.3, 0.4) is 0 Å². The first-order chi connectivity index (χ1) is 4.93. The summed E-state index contributed by atoms with van der Waals surface area (Å²) in [4.78, 5) is 8.36. The lowest BCUT2D eigenvalue weighted by Crippen LogP contribution is -2.03. The number of rotatable bonds is 3. The van der Waals surface area contributed by atoms with E-state index >= 15 is 0 Å². The number of aromatic nitrogens is 1. The highest BCUT2D eigenvalue weighted by molar-refractivity contribution is 5.85. The summed E-state index contributed by atoms with van der Waals surface area (Å²) < 4.78 is 0. The van der Waals surface area contributed by atoms with Crippen LogP contribution in [-0.2, 0) is 11.3 Å². The zero-order chi connectivity index (χ0) is 7.23. The fourth-order valence-electron chi connectivity index (χ4n) is 0.723. The van der Waals surface area contributed by atoms with Crippen LogP contribution < -0.4 is 5.90 Å². The average molecular weight is 211 g/mol. The van der Waals surface area contributed by atoms with Gasteiger partial charge in [0.25, 0.3) is 0 Å². The Morgan fingerprint density at radius 3 is 2.67 bits per heavy atom. The van der Waals surface area contributed by atoms with Crippen molar-refractivity contribution < 1.29 is 4.84 Å². The third-order valence-corrected chi connectivity index (χ3v) is 1.23. The topological polar surface area (TPSA) is 48.1 Å². The van der Waals surface area contributed by atoms with Crippen molar-refractivity contribution in [3.63, 3.8) is 0 Å². The minimum atomic E-state index is 0. The third kappa shape index (κ3) is 5.32. The fraction of sp³-hybridized carbons (Fsp3) is 0.286. The molecule has 0 aliphatic rings. The standard InChI is InChI=1S/C7H10N2O.2ClH/c8-10-5-3-7-2-1-4-9-6-7;;/h1-2,4,6H,3,5,8H2;2*1H. The molecule has 1 aromatic heterocycles. The first-order valence-corrected chi connectivity index (χ1v) is 3.14. The first-order valence-electron chi connectivity index (χ1n) is 3.14. The summed E-state index contributed by atoms with van der Waals surface area (Å²) in [5.74, 6) is 4.86. The van der Waals surface area contributed by atoms with Gasteiger partial charge in [-0.2, -0.15) is 0 Å². The molecule has 0 fully saturated rings. The molecule has 0 unspecified atom stereocenters. The number of hydrogen-bond acceptors (Lipinski definition) is 3. The average Bonchev–Trinajstić information content (AvgIpc) is 2.03. The molecule has 2 N–H and O–H groups in total. The molecule has 12 heavy (non-hydrogen) atoms. The van der Waals surface area contributed by atoms with Crippen molar-refractivity contribution >= 4 is 24.8 Å². The zero-order valence-electron chi connectivity index (χ0n) is 6.47. The molecule has 0 aromatic carbocycles. The molecule has 0 aliphatic heterocycles. The minimum absolute atomic E-state index is 0. The van der Waals surface area contributed by atoms with Crippen LogP contribution in [0.5, 0.6) is 0 Å². The van der Waals surface area contributed by atoms with Crippen LogP contribution in [0.1, 0.15) is 5.56 Å². The van der Waals surface area contributed by atoms with Gasteiger partial charge in [-0.3, -0.25) is 4.98 Å². The summed E-state index contributed by atoms with van der Waals surface area (Å²) in [6.07, 6.45) is 4.37. The summed E-state index contributed by atoms with van der Waals surface area (Å²) in [6, 6.07) is 3.89. The van der Waals surface area contributed by atoms with Crippen molar-refractivity contribution in [1.82, 2.24) is 4.98 Å². The van der Waals surface area contributed by atoms with Gasteiger partial charge in [0.2, 0.25) is 0 Å². The lowest BCUT2D eigenvalue weighted by molar-refractivity contribution is 0.141. The predicted octanol–water partition coefficient (Wildman–Crippen LogP) is 1.36. The van der Waals surface area contributed by atoms with Gasteiger partial charge >= 0.3 is 0 Å². The van der Waals surface area contributed by atoms with E-state index in [1.54, 1.807) is 12.4 Å². The normalized spacial score (nSPS) is 8.08. The highest BCUT2D eigenvalue weighted by Crippen LogP contribution is 1.95. The first kappa shape index (κ1) is 14.2. The van der Waals surface area contributed by atoms with Gasteiger partial charge in [0, 0.05) is 12.4 Å². The summed E-state index contributed by atoms with van der Waals surface area (Å²) in [6.45, 7) is 0.547. The molecule has 0 atom stereocenters. The molecule has 0 radical (unpaired) electrons. The van der Waals surface area contributed by atoms with Crippen molar-refractivity contribution in [3.8, 4) is 0 Å². The van der Waals surface area contributed by atoms with Crippen molar-refractivity contribution in [2.75, 3.05) is 6.61 Å². The summed E-state index contributed by atoms with van der Waals surface area (Å²) in [7, 11) is 0. The summed E-state index contributed by atoms with van der Waals surface area (Å²) in [5, 5.41) is 0. The molecule has 0 spiro atoms. The predicted molar refractivity (Wildman–Crippen MR) is 52.6 cm³/mol. The molecule has 0 saturated carbocycles. The van der Waals surface area contributed by atoms with Gasteiger partial charge in [-0.1, -0.05) is 6.07 Å². The second-order valence-corrected chi connectivity index (χ2v) is 1.98. The molecular weight excluding hydrogens is 199 g/mol. The third-order valence-electron chi connectivity index (χ3n) is 1.23. The van der Waals surface area contributed by atoms with Gasteiger partial charge in [-0.15, -0.1) is 24.8 Å². The number of nitrogens with two attached hydrogens (primary N) is 1. The maximum Gasteiger partial charge on any atom is 0.0720 e. The van der Waals surface area contributed by atoms with Gasteiger partial charge in [0.1, 0.15) is 0 Å². The van der Waals surface area contributed by atoms with Gasteiger partial charge in [-0.25, -0.2) is 5.90 Å². The van der Waals surface area contributed by atoms with E-state index in [1.807, 2.05) is 12.1 Å². The SMILES string of the molecule is Cl.Cl.NOCCc1cccnc1. The van der Waals surface area contributed by atoms with Crippen LogP contribution in [0.4, 0.5) is 0 Å². The largest absolute Gasteiger partial charge is 0.304 e. The molecule has 0 bridgehead atoms. The quantitative estimate of drug-likeness (QED) is 0.768. The monoisotopic (exact) mass is 210 g/mol. The van der Waals surface area contributed by atoms with Crippen molar-refractivity contribution in [2.24, 2.45) is 5.90 Å². The molecule has 0 amide bonds. The second-order valence-electron chi connectivity index (χ2n) is 1.98. The molecule has 1 heterocycles. The number of hydrogen-bond donors (Lipinski definition) is 1. The maximum absolute atomic E-state index is 4.86. The molecule has 1 aromatic rings. The van der Waals surface area contributed by atoms with Gasteiger partial charge in [0.05, 0.1) is 6.61 Å². The Kier molecular flexibility index (Phi) is 10.3. The van der Waals surface area contributed by atoms with Crippen LogP contribution in [0.2, 0.25) is 0 Å². The molecular formula is C7H12Cl2N2O. The van der Waals surface area contributed by atoms with Gasteiger partial charge < -0.3 is 4.84 Å². The van der Waals surface area contributed by atoms with E-state index in [1.165, 1.54) is 0 Å². The Balaban J connectivity index is 0. The summed E-state index contributed by atoms with van der Waals surface area (Å²) >= 11 is 0. The summed E-state index contributed by atoms with van der Waals surface area (Å²) in [5.41, 5.74) is 1.15. The van der Waals surface area contributed by atoms with Crippen molar-refractivity contribution in [2.45, 2.75) is 6.42 Å². The molecule has 70 valence electrons. The van der Waals surface area contributed by atoms with E-state index in [9.17, 15) is 0 Å². The fourth-order valence-corrected chi connectivity index (χ4v) is 0.723. The van der Waals surface area contributed by atoms with Gasteiger partial charge in [-0.05, 0) is 18.1 Å². The highest BCUT2D eigenvalue weighted by atomic mass is 35.5. The lowest BCUT2D eigenvalue weighted by atomic mass is 10.2. The van der Waals surface area contributed by atoms with E-state index in [4.69, 9.17) is 5.90 Å². The van der Waals surface area contributed by atoms with Gasteiger partial charge in [0.15, 0.2) is 0 Å². The molecule has 1 rings (SSSR count). The van der Waals surface area contributed by atoms with Crippen LogP contribution in [0, 0.1) is 0 Å². The Bertz CT molecular complexity index is 184. The Morgan fingerprint density at radius 1 is 1.42 bits per heavy atom. The molecule has 5 heteroatoms. The maximum atomic E-state index is 4.86. The minimum Gasteiger partial charge on any atom is -0.304 e. The van der Waals surface area contributed by atoms with E-state index in [2.05, 4.69) is 9.82 Å². The molecule has 0 aliphatic carbocycles. The zero-order valence-corrected chi connectivity index (χ0v) is 8.11.